The van der Waals surface area contributed by atoms with Crippen molar-refractivity contribution >= 4 is 22.5 Å². The monoisotopic (exact) mass is 219 g/mol. The molecule has 0 saturated heterocycles. The van der Waals surface area contributed by atoms with E-state index in [1.54, 1.807) is 0 Å². The molecule has 0 saturated carbocycles. The van der Waals surface area contributed by atoms with Crippen molar-refractivity contribution < 1.29 is 0 Å². The van der Waals surface area contributed by atoms with E-state index in [2.05, 4.69) is 31.5 Å². The maximum atomic E-state index is 5.94. The van der Waals surface area contributed by atoms with Crippen molar-refractivity contribution in [3.63, 3.8) is 0 Å². The van der Waals surface area contributed by atoms with Crippen LogP contribution >= 0.6 is 11.6 Å². The normalized spacial score (nSPS) is 11.9. The molecule has 1 aromatic heterocycles. The number of allylic oxidation sites excluding steroid dienone is 1. The van der Waals surface area contributed by atoms with Gasteiger partial charge in [0.25, 0.3) is 0 Å². The van der Waals surface area contributed by atoms with E-state index in [0.29, 0.717) is 0 Å². The summed E-state index contributed by atoms with van der Waals surface area (Å²) < 4.78 is 0. The van der Waals surface area contributed by atoms with E-state index < -0.39 is 0 Å². The lowest BCUT2D eigenvalue weighted by Gasteiger charge is -2.18. The van der Waals surface area contributed by atoms with Gasteiger partial charge in [0.2, 0.25) is 0 Å². The summed E-state index contributed by atoms with van der Waals surface area (Å²) in [7, 11) is 0. The van der Waals surface area contributed by atoms with E-state index >= 15 is 0 Å². The third-order valence-corrected chi connectivity index (χ3v) is 3.08. The first-order chi connectivity index (χ1) is 7.04. The molecule has 0 aliphatic heterocycles. The molecule has 2 heteroatoms. The molecule has 0 unspecified atom stereocenters. The summed E-state index contributed by atoms with van der Waals surface area (Å²) in [5.74, 6) is 0. The quantitative estimate of drug-likeness (QED) is 0.726. The van der Waals surface area contributed by atoms with Gasteiger partial charge in [0.15, 0.2) is 0 Å². The van der Waals surface area contributed by atoms with Crippen LogP contribution in [0.15, 0.2) is 37.1 Å². The topological polar surface area (TPSA) is 15.8 Å². The molecule has 0 bridgehead atoms. The Morgan fingerprint density at radius 1 is 1.40 bits per heavy atom. The van der Waals surface area contributed by atoms with Gasteiger partial charge in [-0.15, -0.1) is 6.58 Å². The van der Waals surface area contributed by atoms with Gasteiger partial charge in [-0.2, -0.15) is 0 Å². The predicted molar refractivity (Wildman–Crippen MR) is 66.5 cm³/mol. The number of halogens is 1. The van der Waals surface area contributed by atoms with E-state index in [-0.39, 0.29) is 5.41 Å². The van der Waals surface area contributed by atoms with E-state index in [9.17, 15) is 0 Å². The molecule has 0 fully saturated rings. The highest BCUT2D eigenvalue weighted by atomic mass is 35.5. The molecule has 0 spiro atoms. The lowest BCUT2D eigenvalue weighted by Crippen LogP contribution is -2.11. The molecule has 0 atom stereocenters. The molecule has 15 heavy (non-hydrogen) atoms. The lowest BCUT2D eigenvalue weighted by atomic mass is 9.85. The molecule has 0 radical (unpaired) electrons. The summed E-state index contributed by atoms with van der Waals surface area (Å²) >= 11 is 5.94. The van der Waals surface area contributed by atoms with Gasteiger partial charge in [0.1, 0.15) is 0 Å². The number of H-pyrrole nitrogens is 1. The number of aromatic nitrogens is 1. The Balaban J connectivity index is 2.69. The number of benzene rings is 1. The largest absolute Gasteiger partial charge is 0.361 e. The molecule has 1 aromatic carbocycles. The average Bonchev–Trinajstić information content (AvgIpc) is 2.61. The summed E-state index contributed by atoms with van der Waals surface area (Å²) in [6.07, 6.45) is 3.99. The molecule has 2 rings (SSSR count). The van der Waals surface area contributed by atoms with Crippen molar-refractivity contribution in [3.8, 4) is 0 Å². The maximum absolute atomic E-state index is 5.94. The number of nitrogens with one attached hydrogen (secondary N) is 1. The van der Waals surface area contributed by atoms with Gasteiger partial charge in [0.05, 0.1) is 0 Å². The second-order valence-corrected chi connectivity index (χ2v) is 4.75. The van der Waals surface area contributed by atoms with Gasteiger partial charge in [-0.1, -0.05) is 37.6 Å². The number of fused-ring (bicyclic) bond motifs is 1. The van der Waals surface area contributed by atoms with Crippen LogP contribution in [0.2, 0.25) is 5.02 Å². The molecule has 78 valence electrons. The maximum Gasteiger partial charge on any atom is 0.0472 e. The lowest BCUT2D eigenvalue weighted by molar-refractivity contribution is 0.678. The first-order valence-corrected chi connectivity index (χ1v) is 5.33. The standard InChI is InChI=1S/C13H14ClN/c1-4-13(2,3)11-8-15-12-7-9(14)5-6-10(11)12/h4-8,15H,1H2,2-3H3. The molecule has 1 N–H and O–H groups in total. The smallest absolute Gasteiger partial charge is 0.0472 e. The van der Waals surface area contributed by atoms with Crippen molar-refractivity contribution in [2.45, 2.75) is 19.3 Å². The Hall–Kier alpha value is -1.21. The van der Waals surface area contributed by atoms with Gasteiger partial charge in [-0.25, -0.2) is 0 Å². The minimum absolute atomic E-state index is 0.0217. The first-order valence-electron chi connectivity index (χ1n) is 4.95. The Morgan fingerprint density at radius 2 is 2.13 bits per heavy atom. The molecule has 1 heterocycles. The molecule has 1 nitrogen and oxygen atoms in total. The molecular formula is C13H14ClN. The van der Waals surface area contributed by atoms with Crippen LogP contribution in [0.25, 0.3) is 10.9 Å². The molecule has 0 aliphatic rings. The van der Waals surface area contributed by atoms with E-state index in [1.807, 2.05) is 24.4 Å². The Morgan fingerprint density at radius 3 is 2.80 bits per heavy atom. The first kappa shape index (κ1) is 10.3. The highest BCUT2D eigenvalue weighted by molar-refractivity contribution is 6.31. The number of hydrogen-bond acceptors (Lipinski definition) is 0. The van der Waals surface area contributed by atoms with E-state index in [0.717, 1.165) is 10.5 Å². The molecule has 0 aliphatic carbocycles. The van der Waals surface area contributed by atoms with Crippen molar-refractivity contribution in [1.29, 1.82) is 0 Å². The van der Waals surface area contributed by atoms with Crippen LogP contribution in [-0.2, 0) is 5.41 Å². The SMILES string of the molecule is C=CC(C)(C)c1c[nH]c2cc(Cl)ccc12. The third kappa shape index (κ3) is 1.68. The second kappa shape index (κ2) is 3.42. The predicted octanol–water partition coefficient (Wildman–Crippen LogP) is 4.28. The van der Waals surface area contributed by atoms with Gasteiger partial charge < -0.3 is 4.98 Å². The summed E-state index contributed by atoms with van der Waals surface area (Å²) in [5, 5.41) is 1.97. The minimum atomic E-state index is -0.0217. The van der Waals surface area contributed by atoms with Crippen LogP contribution in [0.1, 0.15) is 19.4 Å². The second-order valence-electron chi connectivity index (χ2n) is 4.32. The van der Waals surface area contributed by atoms with Crippen LogP contribution in [0.3, 0.4) is 0 Å². The summed E-state index contributed by atoms with van der Waals surface area (Å²) in [6.45, 7) is 8.17. The Bertz CT molecular complexity index is 508. The fraction of sp³-hybridized carbons (Fsp3) is 0.231. The fourth-order valence-corrected chi connectivity index (χ4v) is 1.91. The van der Waals surface area contributed by atoms with Crippen molar-refractivity contribution in [2.24, 2.45) is 0 Å². The van der Waals surface area contributed by atoms with Gasteiger partial charge in [0, 0.05) is 27.5 Å². The summed E-state index contributed by atoms with van der Waals surface area (Å²) in [6, 6.07) is 5.91. The van der Waals surface area contributed by atoms with Crippen LogP contribution in [-0.4, -0.2) is 4.98 Å². The number of hydrogen-bond donors (Lipinski definition) is 1. The third-order valence-electron chi connectivity index (χ3n) is 2.85. The van der Waals surface area contributed by atoms with Crippen molar-refractivity contribution in [3.05, 3.63) is 47.6 Å². The average molecular weight is 220 g/mol. The Kier molecular flexibility index (Phi) is 2.35. The van der Waals surface area contributed by atoms with Gasteiger partial charge >= 0.3 is 0 Å². The molecule has 2 aromatic rings. The highest BCUT2D eigenvalue weighted by Gasteiger charge is 2.19. The Labute approximate surface area is 94.8 Å². The van der Waals surface area contributed by atoms with Gasteiger partial charge in [-0.05, 0) is 17.7 Å². The van der Waals surface area contributed by atoms with Crippen LogP contribution < -0.4 is 0 Å². The van der Waals surface area contributed by atoms with Crippen LogP contribution in [0.4, 0.5) is 0 Å². The van der Waals surface area contributed by atoms with Crippen molar-refractivity contribution in [2.75, 3.05) is 0 Å². The number of aromatic amines is 1. The fourth-order valence-electron chi connectivity index (χ4n) is 1.74. The summed E-state index contributed by atoms with van der Waals surface area (Å²) in [5.41, 5.74) is 2.31. The molecular weight excluding hydrogens is 206 g/mol. The highest BCUT2D eigenvalue weighted by Crippen LogP contribution is 2.32. The summed E-state index contributed by atoms with van der Waals surface area (Å²) in [4.78, 5) is 3.24. The number of rotatable bonds is 2. The van der Waals surface area contributed by atoms with Crippen LogP contribution in [0, 0.1) is 0 Å². The minimum Gasteiger partial charge on any atom is -0.361 e. The van der Waals surface area contributed by atoms with E-state index in [4.69, 9.17) is 11.6 Å². The zero-order chi connectivity index (χ0) is 11.1. The molecule has 0 amide bonds. The van der Waals surface area contributed by atoms with Gasteiger partial charge in [-0.3, -0.25) is 0 Å². The van der Waals surface area contributed by atoms with Crippen LogP contribution in [0.5, 0.6) is 0 Å². The van der Waals surface area contributed by atoms with Crippen molar-refractivity contribution in [1.82, 2.24) is 4.98 Å². The zero-order valence-electron chi connectivity index (χ0n) is 8.97. The van der Waals surface area contributed by atoms with E-state index in [1.165, 1.54) is 10.9 Å². The zero-order valence-corrected chi connectivity index (χ0v) is 9.73.